The molecule has 0 aromatic rings. The first-order chi connectivity index (χ1) is 8.12. The van der Waals surface area contributed by atoms with E-state index in [0.717, 1.165) is 45.1 Å². The summed E-state index contributed by atoms with van der Waals surface area (Å²) in [7, 11) is 0. The van der Waals surface area contributed by atoms with Crippen LogP contribution in [-0.2, 0) is 9.59 Å². The van der Waals surface area contributed by atoms with E-state index in [-0.39, 0.29) is 23.3 Å². The van der Waals surface area contributed by atoms with Crippen LogP contribution in [0.4, 0.5) is 0 Å². The van der Waals surface area contributed by atoms with E-state index in [2.05, 4.69) is 10.6 Å². The lowest BCUT2D eigenvalue weighted by Crippen LogP contribution is -2.53. The molecule has 0 unspecified atom stereocenters. The third-order valence-electron chi connectivity index (χ3n) is 4.10. The Labute approximate surface area is 103 Å². The van der Waals surface area contributed by atoms with Gasteiger partial charge < -0.3 is 10.6 Å². The molecule has 1 heterocycles. The second-order valence-corrected chi connectivity index (χ2v) is 5.58. The molecule has 0 aromatic carbocycles. The van der Waals surface area contributed by atoms with E-state index in [0.29, 0.717) is 0 Å². The summed E-state index contributed by atoms with van der Waals surface area (Å²) in [6.07, 6.45) is 7.11. The van der Waals surface area contributed by atoms with Gasteiger partial charge in [-0.05, 0) is 25.7 Å². The van der Waals surface area contributed by atoms with E-state index < -0.39 is 0 Å². The van der Waals surface area contributed by atoms with Crippen LogP contribution in [0.15, 0.2) is 0 Å². The highest BCUT2D eigenvalue weighted by Gasteiger charge is 2.36. The molecule has 2 amide bonds. The molecule has 1 saturated heterocycles. The molecule has 96 valence electrons. The molecule has 1 aliphatic carbocycles. The molecule has 4 heteroatoms. The molecule has 2 rings (SSSR count). The Morgan fingerprint density at radius 2 is 2.00 bits per heavy atom. The highest BCUT2D eigenvalue weighted by atomic mass is 16.2. The largest absolute Gasteiger partial charge is 0.354 e. The van der Waals surface area contributed by atoms with Gasteiger partial charge in [0.2, 0.25) is 11.8 Å². The van der Waals surface area contributed by atoms with Crippen LogP contribution < -0.4 is 10.6 Å². The van der Waals surface area contributed by atoms with Crippen LogP contribution in [-0.4, -0.2) is 24.4 Å². The standard InChI is InChI=1S/C13H22N2O2/c1-13(7-3-2-4-8-13)12(17)15-10-6-5-9-14-11(10)16/h10H,2-9H2,1H3,(H,14,16)(H,15,17)/t10-/m0/s1. The van der Waals surface area contributed by atoms with Gasteiger partial charge in [-0.3, -0.25) is 9.59 Å². The van der Waals surface area contributed by atoms with Crippen LogP contribution in [0.1, 0.15) is 51.9 Å². The molecule has 1 aliphatic heterocycles. The Kier molecular flexibility index (Phi) is 3.69. The smallest absolute Gasteiger partial charge is 0.242 e. The molecule has 0 spiro atoms. The number of rotatable bonds is 2. The van der Waals surface area contributed by atoms with Gasteiger partial charge in [-0.2, -0.15) is 0 Å². The van der Waals surface area contributed by atoms with Crippen molar-refractivity contribution < 1.29 is 9.59 Å². The fourth-order valence-corrected chi connectivity index (χ4v) is 2.80. The Balaban J connectivity index is 1.93. The summed E-state index contributed by atoms with van der Waals surface area (Å²) < 4.78 is 0. The average Bonchev–Trinajstić information content (AvgIpc) is 2.33. The number of hydrogen-bond donors (Lipinski definition) is 2. The minimum Gasteiger partial charge on any atom is -0.354 e. The molecule has 4 nitrogen and oxygen atoms in total. The predicted octanol–water partition coefficient (Wildman–Crippen LogP) is 1.35. The van der Waals surface area contributed by atoms with Gasteiger partial charge in [-0.25, -0.2) is 0 Å². The maximum Gasteiger partial charge on any atom is 0.242 e. The molecule has 2 fully saturated rings. The average molecular weight is 238 g/mol. The minimum atomic E-state index is -0.310. The van der Waals surface area contributed by atoms with Crippen LogP contribution in [0, 0.1) is 5.41 Å². The van der Waals surface area contributed by atoms with Crippen molar-refractivity contribution in [2.75, 3.05) is 6.54 Å². The summed E-state index contributed by atoms with van der Waals surface area (Å²) in [6, 6.07) is -0.310. The quantitative estimate of drug-likeness (QED) is 0.763. The molecular formula is C13H22N2O2. The van der Waals surface area contributed by atoms with Crippen LogP contribution >= 0.6 is 0 Å². The first-order valence-corrected chi connectivity index (χ1v) is 6.70. The summed E-state index contributed by atoms with van der Waals surface area (Å²) in [5.74, 6) is 0.0447. The second-order valence-electron chi connectivity index (χ2n) is 5.58. The Hall–Kier alpha value is -1.06. The fraction of sp³-hybridized carbons (Fsp3) is 0.846. The molecular weight excluding hydrogens is 216 g/mol. The third-order valence-corrected chi connectivity index (χ3v) is 4.10. The first-order valence-electron chi connectivity index (χ1n) is 6.70. The minimum absolute atomic E-state index is 0.0241. The highest BCUT2D eigenvalue weighted by Crippen LogP contribution is 2.36. The van der Waals surface area contributed by atoms with E-state index in [1.165, 1.54) is 6.42 Å². The van der Waals surface area contributed by atoms with Crippen LogP contribution in [0.5, 0.6) is 0 Å². The lowest BCUT2D eigenvalue weighted by molar-refractivity contribution is -0.136. The van der Waals surface area contributed by atoms with E-state index >= 15 is 0 Å². The van der Waals surface area contributed by atoms with Gasteiger partial charge in [0.1, 0.15) is 6.04 Å². The molecule has 0 bridgehead atoms. The lowest BCUT2D eigenvalue weighted by atomic mass is 9.75. The summed E-state index contributed by atoms with van der Waals surface area (Å²) in [5.41, 5.74) is -0.254. The molecule has 1 atom stereocenters. The normalized spacial score (nSPS) is 28.3. The van der Waals surface area contributed by atoms with Gasteiger partial charge in [0.25, 0.3) is 0 Å². The SMILES string of the molecule is CC1(C(=O)N[C@H]2CCCNC2=O)CCCCC1. The first kappa shape index (κ1) is 12.4. The van der Waals surface area contributed by atoms with E-state index in [9.17, 15) is 9.59 Å². The maximum absolute atomic E-state index is 12.2. The molecule has 0 aromatic heterocycles. The Morgan fingerprint density at radius 1 is 1.29 bits per heavy atom. The summed E-state index contributed by atoms with van der Waals surface area (Å²) >= 11 is 0. The molecule has 2 aliphatic rings. The van der Waals surface area contributed by atoms with Gasteiger partial charge in [0.05, 0.1) is 0 Å². The van der Waals surface area contributed by atoms with Gasteiger partial charge >= 0.3 is 0 Å². The van der Waals surface area contributed by atoms with Gasteiger partial charge in [0.15, 0.2) is 0 Å². The molecule has 0 radical (unpaired) electrons. The summed E-state index contributed by atoms with van der Waals surface area (Å²) in [4.78, 5) is 23.8. The van der Waals surface area contributed by atoms with Crippen molar-refractivity contribution in [3.8, 4) is 0 Å². The topological polar surface area (TPSA) is 58.2 Å². The monoisotopic (exact) mass is 238 g/mol. The number of piperidine rings is 1. The van der Waals surface area contributed by atoms with Crippen LogP contribution in [0.3, 0.4) is 0 Å². The zero-order valence-electron chi connectivity index (χ0n) is 10.6. The van der Waals surface area contributed by atoms with Crippen molar-refractivity contribution in [3.05, 3.63) is 0 Å². The molecule has 17 heavy (non-hydrogen) atoms. The highest BCUT2D eigenvalue weighted by molar-refractivity contribution is 5.90. The van der Waals surface area contributed by atoms with Crippen molar-refractivity contribution in [2.24, 2.45) is 5.41 Å². The van der Waals surface area contributed by atoms with E-state index in [1.54, 1.807) is 0 Å². The molecule has 1 saturated carbocycles. The van der Waals surface area contributed by atoms with Crippen molar-refractivity contribution in [1.29, 1.82) is 0 Å². The van der Waals surface area contributed by atoms with Crippen LogP contribution in [0.2, 0.25) is 0 Å². The second kappa shape index (κ2) is 5.07. The Morgan fingerprint density at radius 3 is 2.65 bits per heavy atom. The maximum atomic E-state index is 12.2. The number of nitrogens with one attached hydrogen (secondary N) is 2. The number of hydrogen-bond acceptors (Lipinski definition) is 2. The Bertz CT molecular complexity index is 309. The van der Waals surface area contributed by atoms with E-state index in [1.807, 2.05) is 6.92 Å². The van der Waals surface area contributed by atoms with Crippen molar-refractivity contribution in [1.82, 2.24) is 10.6 Å². The number of carbonyl (C=O) groups excluding carboxylic acids is 2. The summed E-state index contributed by atoms with van der Waals surface area (Å²) in [6.45, 7) is 2.77. The zero-order valence-corrected chi connectivity index (χ0v) is 10.6. The fourth-order valence-electron chi connectivity index (χ4n) is 2.80. The van der Waals surface area contributed by atoms with Crippen molar-refractivity contribution in [3.63, 3.8) is 0 Å². The van der Waals surface area contributed by atoms with Crippen molar-refractivity contribution in [2.45, 2.75) is 57.9 Å². The van der Waals surface area contributed by atoms with Gasteiger partial charge in [-0.1, -0.05) is 26.2 Å². The lowest BCUT2D eigenvalue weighted by Gasteiger charge is -2.34. The zero-order chi connectivity index (χ0) is 12.3. The van der Waals surface area contributed by atoms with Crippen molar-refractivity contribution >= 4 is 11.8 Å². The van der Waals surface area contributed by atoms with Gasteiger partial charge in [0, 0.05) is 12.0 Å². The molecule has 2 N–H and O–H groups in total. The van der Waals surface area contributed by atoms with Gasteiger partial charge in [-0.15, -0.1) is 0 Å². The van der Waals surface area contributed by atoms with Crippen LogP contribution in [0.25, 0.3) is 0 Å². The summed E-state index contributed by atoms with van der Waals surface area (Å²) in [5, 5.41) is 5.73. The predicted molar refractivity (Wildman–Crippen MR) is 65.4 cm³/mol. The number of carbonyl (C=O) groups is 2. The third kappa shape index (κ3) is 2.79. The number of amides is 2. The van der Waals surface area contributed by atoms with E-state index in [4.69, 9.17) is 0 Å².